The summed E-state index contributed by atoms with van der Waals surface area (Å²) in [4.78, 5) is 4.63. The smallest absolute Gasteiger partial charge is 0.179 e. The Hall–Kier alpha value is -2.80. The molecule has 7 heteroatoms. The van der Waals surface area contributed by atoms with E-state index in [1.807, 2.05) is 37.3 Å². The summed E-state index contributed by atoms with van der Waals surface area (Å²) in [5.41, 5.74) is 5.60. The zero-order chi connectivity index (χ0) is 18.3. The molecular weight excluding hydrogens is 353 g/mol. The number of pyridine rings is 1. The number of sulfone groups is 1. The van der Waals surface area contributed by atoms with Crippen LogP contribution in [0.15, 0.2) is 58.5 Å². The minimum absolute atomic E-state index is 0.0453. The lowest BCUT2D eigenvalue weighted by atomic mass is 10.1. The first kappa shape index (κ1) is 16.7. The van der Waals surface area contributed by atoms with E-state index in [0.717, 1.165) is 22.5 Å². The molecule has 1 N–H and O–H groups in total. The number of hydrazone groups is 1. The second-order valence-electron chi connectivity index (χ2n) is 6.22. The second-order valence-corrected chi connectivity index (χ2v) is 8.30. The van der Waals surface area contributed by atoms with Gasteiger partial charge in [-0.2, -0.15) is 5.10 Å². The molecule has 0 aliphatic carbocycles. The van der Waals surface area contributed by atoms with Crippen molar-refractivity contribution < 1.29 is 12.8 Å². The summed E-state index contributed by atoms with van der Waals surface area (Å²) in [5, 5.41) is 5.38. The van der Waals surface area contributed by atoms with E-state index in [9.17, 15) is 12.8 Å². The molecule has 5 nitrogen and oxygen atoms in total. The molecule has 1 aromatic heterocycles. The molecule has 0 spiro atoms. The molecule has 0 fully saturated rings. The first-order valence-electron chi connectivity index (χ1n) is 8.16. The van der Waals surface area contributed by atoms with E-state index in [1.54, 1.807) is 0 Å². The molecule has 3 aromatic rings. The first-order chi connectivity index (χ1) is 12.4. The highest BCUT2D eigenvalue weighted by Gasteiger charge is 2.28. The highest BCUT2D eigenvalue weighted by atomic mass is 32.2. The molecule has 4 rings (SSSR count). The Bertz CT molecular complexity index is 1160. The van der Waals surface area contributed by atoms with Gasteiger partial charge in [0, 0.05) is 17.4 Å². The third-order valence-electron chi connectivity index (χ3n) is 4.42. The fraction of sp³-hybridized carbons (Fsp3) is 0.158. The van der Waals surface area contributed by atoms with Crippen molar-refractivity contribution in [2.75, 3.05) is 11.2 Å². The van der Waals surface area contributed by atoms with E-state index >= 15 is 0 Å². The molecule has 0 unspecified atom stereocenters. The number of aryl methyl sites for hydroxylation is 1. The SMILES string of the molecule is Cc1cc(NN=C2CCS(=O)(=O)c3ccc(F)cc32)nc2ccccc12. The van der Waals surface area contributed by atoms with Crippen LogP contribution in [-0.2, 0) is 9.84 Å². The van der Waals surface area contributed by atoms with Crippen LogP contribution in [0.1, 0.15) is 17.5 Å². The Kier molecular flexibility index (Phi) is 3.96. The van der Waals surface area contributed by atoms with Gasteiger partial charge in [-0.3, -0.25) is 5.43 Å². The van der Waals surface area contributed by atoms with Crippen molar-refractivity contribution in [3.8, 4) is 0 Å². The van der Waals surface area contributed by atoms with E-state index < -0.39 is 15.7 Å². The average Bonchev–Trinajstić information content (AvgIpc) is 2.61. The van der Waals surface area contributed by atoms with Gasteiger partial charge in [0.2, 0.25) is 0 Å². The number of hydrogen-bond acceptors (Lipinski definition) is 5. The van der Waals surface area contributed by atoms with Crippen molar-refractivity contribution in [3.63, 3.8) is 0 Å². The Labute approximate surface area is 150 Å². The van der Waals surface area contributed by atoms with Crippen molar-refractivity contribution >= 4 is 32.3 Å². The Morgan fingerprint density at radius 1 is 1.15 bits per heavy atom. The van der Waals surface area contributed by atoms with Crippen LogP contribution in [0.2, 0.25) is 0 Å². The Morgan fingerprint density at radius 3 is 2.81 bits per heavy atom. The van der Waals surface area contributed by atoms with Crippen molar-refractivity contribution in [3.05, 3.63) is 65.5 Å². The Morgan fingerprint density at radius 2 is 1.96 bits per heavy atom. The first-order valence-corrected chi connectivity index (χ1v) is 9.81. The molecule has 0 amide bonds. The van der Waals surface area contributed by atoms with Crippen LogP contribution >= 0.6 is 0 Å². The molecular formula is C19H16FN3O2S. The van der Waals surface area contributed by atoms with E-state index in [-0.39, 0.29) is 17.1 Å². The second kappa shape index (κ2) is 6.17. The van der Waals surface area contributed by atoms with Gasteiger partial charge in [0.15, 0.2) is 9.84 Å². The van der Waals surface area contributed by atoms with Crippen LogP contribution in [0.25, 0.3) is 10.9 Å². The number of halogens is 1. The van der Waals surface area contributed by atoms with Crippen molar-refractivity contribution in [2.45, 2.75) is 18.2 Å². The molecule has 0 saturated heterocycles. The molecule has 2 heterocycles. The van der Waals surface area contributed by atoms with Crippen LogP contribution in [-0.4, -0.2) is 24.9 Å². The molecule has 132 valence electrons. The maximum atomic E-state index is 13.6. The van der Waals surface area contributed by atoms with Gasteiger partial charge in [0.05, 0.1) is 21.9 Å². The van der Waals surface area contributed by atoms with Crippen LogP contribution < -0.4 is 5.43 Å². The maximum absolute atomic E-state index is 13.6. The Balaban J connectivity index is 1.73. The number of rotatable bonds is 2. The molecule has 0 atom stereocenters. The topological polar surface area (TPSA) is 71.4 Å². The average molecular weight is 369 g/mol. The number of nitrogens with one attached hydrogen (secondary N) is 1. The zero-order valence-electron chi connectivity index (χ0n) is 14.0. The third kappa shape index (κ3) is 2.94. The summed E-state index contributed by atoms with van der Waals surface area (Å²) in [6.45, 7) is 1.99. The van der Waals surface area contributed by atoms with E-state index in [2.05, 4.69) is 15.5 Å². The number of benzene rings is 2. The lowest BCUT2D eigenvalue weighted by Gasteiger charge is -2.18. The van der Waals surface area contributed by atoms with Crippen LogP contribution in [0.3, 0.4) is 0 Å². The molecule has 0 saturated carbocycles. The summed E-state index contributed by atoms with van der Waals surface area (Å²) in [5.74, 6) is 0.0179. The fourth-order valence-corrected chi connectivity index (χ4v) is 4.59. The van der Waals surface area contributed by atoms with Crippen molar-refractivity contribution in [2.24, 2.45) is 5.10 Å². The minimum Gasteiger partial charge on any atom is -0.261 e. The quantitative estimate of drug-likeness (QED) is 0.553. The van der Waals surface area contributed by atoms with Gasteiger partial charge in [-0.25, -0.2) is 17.8 Å². The molecule has 1 aliphatic rings. The molecule has 0 bridgehead atoms. The fourth-order valence-electron chi connectivity index (χ4n) is 3.12. The van der Waals surface area contributed by atoms with Gasteiger partial charge >= 0.3 is 0 Å². The standard InChI is InChI=1S/C19H16FN3O2S/c1-12-10-19(21-16-5-3-2-4-14(12)16)23-22-17-8-9-26(24,25)18-7-6-13(20)11-15(17)18/h2-7,10-11H,8-9H2,1H3,(H,21,23). The lowest BCUT2D eigenvalue weighted by molar-refractivity contribution is 0.593. The van der Waals surface area contributed by atoms with Crippen LogP contribution in [0.4, 0.5) is 10.2 Å². The van der Waals surface area contributed by atoms with Gasteiger partial charge in [-0.1, -0.05) is 18.2 Å². The van der Waals surface area contributed by atoms with E-state index in [4.69, 9.17) is 0 Å². The molecule has 26 heavy (non-hydrogen) atoms. The summed E-state index contributed by atoms with van der Waals surface area (Å²) in [6.07, 6.45) is 0.221. The summed E-state index contributed by atoms with van der Waals surface area (Å²) >= 11 is 0. The predicted octanol–water partition coefficient (Wildman–Crippen LogP) is 3.68. The summed E-state index contributed by atoms with van der Waals surface area (Å²) in [7, 11) is -3.40. The third-order valence-corrected chi connectivity index (χ3v) is 6.19. The van der Waals surface area contributed by atoms with Gasteiger partial charge in [0.25, 0.3) is 0 Å². The molecule has 1 aliphatic heterocycles. The molecule has 0 radical (unpaired) electrons. The largest absolute Gasteiger partial charge is 0.261 e. The van der Waals surface area contributed by atoms with Gasteiger partial charge in [-0.05, 0) is 42.8 Å². The van der Waals surface area contributed by atoms with Crippen molar-refractivity contribution in [1.82, 2.24) is 4.98 Å². The lowest BCUT2D eigenvalue weighted by Crippen LogP contribution is -2.23. The normalized spacial score (nSPS) is 17.2. The predicted molar refractivity (Wildman–Crippen MR) is 99.7 cm³/mol. The number of aromatic nitrogens is 1. The minimum atomic E-state index is -3.40. The van der Waals surface area contributed by atoms with Gasteiger partial charge in [0.1, 0.15) is 11.6 Å². The number of anilines is 1. The monoisotopic (exact) mass is 369 g/mol. The number of para-hydroxylation sites is 1. The van der Waals surface area contributed by atoms with Gasteiger partial charge < -0.3 is 0 Å². The van der Waals surface area contributed by atoms with E-state index in [0.29, 0.717) is 17.1 Å². The number of nitrogens with zero attached hydrogens (tertiary/aromatic N) is 2. The highest BCUT2D eigenvalue weighted by Crippen LogP contribution is 2.26. The number of hydrogen-bond donors (Lipinski definition) is 1. The van der Waals surface area contributed by atoms with Gasteiger partial charge in [-0.15, -0.1) is 0 Å². The van der Waals surface area contributed by atoms with Crippen LogP contribution in [0.5, 0.6) is 0 Å². The number of fused-ring (bicyclic) bond motifs is 2. The summed E-state index contributed by atoms with van der Waals surface area (Å²) < 4.78 is 38.0. The van der Waals surface area contributed by atoms with Crippen molar-refractivity contribution in [1.29, 1.82) is 0 Å². The highest BCUT2D eigenvalue weighted by molar-refractivity contribution is 7.91. The maximum Gasteiger partial charge on any atom is 0.179 e. The summed E-state index contributed by atoms with van der Waals surface area (Å²) in [6, 6.07) is 13.3. The van der Waals surface area contributed by atoms with E-state index in [1.165, 1.54) is 12.1 Å². The molecule has 2 aromatic carbocycles. The zero-order valence-corrected chi connectivity index (χ0v) is 14.8. The van der Waals surface area contributed by atoms with Crippen LogP contribution in [0, 0.1) is 12.7 Å².